The molecule has 2 heterocycles. The first kappa shape index (κ1) is 20.4. The van der Waals surface area contributed by atoms with Crippen molar-refractivity contribution in [3.63, 3.8) is 0 Å². The molecule has 11 heteroatoms. The lowest BCUT2D eigenvalue weighted by molar-refractivity contribution is -0.107. The molecule has 10 nitrogen and oxygen atoms in total. The van der Waals surface area contributed by atoms with Gasteiger partial charge in [0.1, 0.15) is 30.2 Å². The molecule has 0 amide bonds. The number of carbonyl (C=O) groups is 1. The number of nitrogens with zero attached hydrogens (tertiary/aromatic N) is 2. The zero-order valence-corrected chi connectivity index (χ0v) is 15.8. The minimum Gasteiger partial charge on any atom is -0.436 e. The molecule has 1 saturated heterocycles. The second kappa shape index (κ2) is 9.72. The van der Waals surface area contributed by atoms with Gasteiger partial charge in [0, 0.05) is 12.6 Å². The smallest absolute Gasteiger partial charge is 0.351 e. The zero-order valence-electron chi connectivity index (χ0n) is 14.9. The molecular weight excluding hydrogens is 387 g/mol. The van der Waals surface area contributed by atoms with Crippen molar-refractivity contribution < 1.29 is 23.7 Å². The van der Waals surface area contributed by atoms with Crippen molar-refractivity contribution >= 4 is 20.6 Å². The van der Waals surface area contributed by atoms with Gasteiger partial charge in [0.15, 0.2) is 0 Å². The number of aromatic nitrogens is 2. The van der Waals surface area contributed by atoms with E-state index in [1.165, 1.54) is 16.8 Å². The maximum Gasteiger partial charge on any atom is 0.351 e. The number of aliphatic hydroxyl groups excluding tert-OH is 1. The predicted octanol–water partition coefficient (Wildman–Crippen LogP) is 0.585. The Morgan fingerprint density at radius 2 is 2.18 bits per heavy atom. The lowest BCUT2D eigenvalue weighted by Gasteiger charge is -2.21. The molecule has 0 radical (unpaired) electrons. The van der Waals surface area contributed by atoms with E-state index in [9.17, 15) is 14.7 Å². The molecule has 4 atom stereocenters. The van der Waals surface area contributed by atoms with Crippen LogP contribution in [0.25, 0.3) is 0 Å². The molecular formula is C17H21N4O6P. The molecule has 4 unspecified atom stereocenters. The molecule has 3 rings (SSSR count). The first-order valence-corrected chi connectivity index (χ1v) is 9.76. The van der Waals surface area contributed by atoms with E-state index in [-0.39, 0.29) is 25.4 Å². The molecule has 4 N–H and O–H groups in total. The van der Waals surface area contributed by atoms with Crippen LogP contribution in [0.2, 0.25) is 0 Å². The summed E-state index contributed by atoms with van der Waals surface area (Å²) in [4.78, 5) is 26.3. The zero-order chi connectivity index (χ0) is 19.9. The number of ether oxygens (including phenoxy) is 1. The number of carbonyl (C=O) groups excluding carboxylic acids is 1. The molecule has 1 aliphatic heterocycles. The van der Waals surface area contributed by atoms with Crippen molar-refractivity contribution in [2.24, 2.45) is 0 Å². The van der Waals surface area contributed by atoms with Crippen LogP contribution in [0.15, 0.2) is 47.4 Å². The van der Waals surface area contributed by atoms with E-state index in [2.05, 4.69) is 10.1 Å². The van der Waals surface area contributed by atoms with E-state index < -0.39 is 32.7 Å². The summed E-state index contributed by atoms with van der Waals surface area (Å²) in [5.74, 6) is 0.696. The second-order valence-corrected chi connectivity index (χ2v) is 7.23. The number of aliphatic hydroxyl groups is 1. The van der Waals surface area contributed by atoms with Crippen LogP contribution in [-0.4, -0.2) is 46.3 Å². The summed E-state index contributed by atoms with van der Waals surface area (Å²) < 4.78 is 18.4. The summed E-state index contributed by atoms with van der Waals surface area (Å²) in [6, 6.07) is 10.5. The van der Waals surface area contributed by atoms with E-state index in [1.807, 2.05) is 18.2 Å². The quantitative estimate of drug-likeness (QED) is 0.402. The summed E-state index contributed by atoms with van der Waals surface area (Å²) in [5, 5.41) is 13.1. The van der Waals surface area contributed by atoms with Crippen LogP contribution in [0.4, 0.5) is 5.82 Å². The van der Waals surface area contributed by atoms with Gasteiger partial charge in [-0.1, -0.05) is 18.2 Å². The fraction of sp³-hybridized carbons (Fsp3) is 0.353. The molecule has 1 aliphatic rings. The fourth-order valence-electron chi connectivity index (χ4n) is 2.62. The van der Waals surface area contributed by atoms with Gasteiger partial charge in [-0.3, -0.25) is 4.57 Å². The van der Waals surface area contributed by atoms with Crippen LogP contribution in [0.1, 0.15) is 12.6 Å². The Hall–Kier alpha value is -2.36. The Morgan fingerprint density at radius 1 is 1.39 bits per heavy atom. The van der Waals surface area contributed by atoms with Gasteiger partial charge in [-0.2, -0.15) is 4.98 Å². The summed E-state index contributed by atoms with van der Waals surface area (Å²) in [6.45, 7) is 0.0704. The molecule has 150 valence electrons. The van der Waals surface area contributed by atoms with Crippen LogP contribution in [0, 0.1) is 0 Å². The minimum absolute atomic E-state index is 0.0131. The Labute approximate surface area is 162 Å². The van der Waals surface area contributed by atoms with Gasteiger partial charge in [-0.15, -0.1) is 0 Å². The normalized spacial score (nSPS) is 22.7. The van der Waals surface area contributed by atoms with Crippen molar-refractivity contribution in [3.8, 4) is 5.75 Å². The SMILES string of the molecule is Nc1ccn(C2CC(O)C(COP(NCC=O)Oc3ccccc3)O2)c(=O)n1. The predicted molar refractivity (Wildman–Crippen MR) is 101 cm³/mol. The highest BCUT2D eigenvalue weighted by Crippen LogP contribution is 2.37. The van der Waals surface area contributed by atoms with Gasteiger partial charge in [-0.25, -0.2) is 9.88 Å². The highest BCUT2D eigenvalue weighted by Gasteiger charge is 2.36. The Kier molecular flexibility index (Phi) is 7.07. The second-order valence-electron chi connectivity index (χ2n) is 5.96. The van der Waals surface area contributed by atoms with Crippen LogP contribution in [-0.2, 0) is 14.1 Å². The lowest BCUT2D eigenvalue weighted by atomic mass is 10.2. The van der Waals surface area contributed by atoms with Gasteiger partial charge >= 0.3 is 14.2 Å². The van der Waals surface area contributed by atoms with Crippen LogP contribution >= 0.6 is 8.53 Å². The number of aldehydes is 1. The first-order valence-electron chi connectivity index (χ1n) is 8.58. The molecule has 1 aromatic heterocycles. The molecule has 0 bridgehead atoms. The van der Waals surface area contributed by atoms with Gasteiger partial charge in [0.2, 0.25) is 0 Å². The van der Waals surface area contributed by atoms with Crippen LogP contribution in [0.3, 0.4) is 0 Å². The van der Waals surface area contributed by atoms with E-state index in [0.717, 1.165) is 0 Å². The van der Waals surface area contributed by atoms with Crippen LogP contribution in [0.5, 0.6) is 5.75 Å². The van der Waals surface area contributed by atoms with Gasteiger partial charge in [0.25, 0.3) is 0 Å². The molecule has 0 aliphatic carbocycles. The molecule has 28 heavy (non-hydrogen) atoms. The number of para-hydroxylation sites is 1. The van der Waals surface area contributed by atoms with E-state index in [4.69, 9.17) is 19.5 Å². The van der Waals surface area contributed by atoms with Crippen molar-refractivity contribution in [2.45, 2.75) is 24.9 Å². The number of hydrogen-bond donors (Lipinski definition) is 3. The van der Waals surface area contributed by atoms with Crippen molar-refractivity contribution in [2.75, 3.05) is 18.9 Å². The standard InChI is InChI=1S/C17H21N4O6P/c18-15-6-8-21(17(24)20-15)16-10-13(23)14(26-16)11-25-28(19-7-9-22)27-12-4-2-1-3-5-12/h1-6,8-9,13-14,16,19,23H,7,10-11H2,(H2,18,20,24). The summed E-state index contributed by atoms with van der Waals surface area (Å²) >= 11 is 0. The maximum atomic E-state index is 11.9. The topological polar surface area (TPSA) is 138 Å². The number of nitrogens with two attached hydrogens (primary N) is 1. The number of rotatable bonds is 9. The number of nitrogens with one attached hydrogen (secondary N) is 1. The molecule has 2 aromatic rings. The lowest BCUT2D eigenvalue weighted by Crippen LogP contribution is -2.29. The largest absolute Gasteiger partial charge is 0.436 e. The average Bonchev–Trinajstić information content (AvgIpc) is 3.05. The van der Waals surface area contributed by atoms with Gasteiger partial charge in [0.05, 0.1) is 19.3 Å². The van der Waals surface area contributed by atoms with Crippen molar-refractivity contribution in [1.82, 2.24) is 14.6 Å². The molecule has 0 spiro atoms. The Morgan fingerprint density at radius 3 is 2.89 bits per heavy atom. The third-order valence-electron chi connectivity index (χ3n) is 3.96. The van der Waals surface area contributed by atoms with Crippen molar-refractivity contribution in [3.05, 3.63) is 53.1 Å². The minimum atomic E-state index is -1.63. The summed E-state index contributed by atoms with van der Waals surface area (Å²) in [6.07, 6.45) is 0.199. The molecule has 1 fully saturated rings. The van der Waals surface area contributed by atoms with Crippen molar-refractivity contribution in [1.29, 1.82) is 0 Å². The fourth-order valence-corrected chi connectivity index (χ4v) is 3.64. The third kappa shape index (κ3) is 5.34. The first-order chi connectivity index (χ1) is 13.6. The van der Waals surface area contributed by atoms with Gasteiger partial charge in [-0.05, 0) is 18.2 Å². The van der Waals surface area contributed by atoms with E-state index in [0.29, 0.717) is 12.0 Å². The van der Waals surface area contributed by atoms with E-state index >= 15 is 0 Å². The summed E-state index contributed by atoms with van der Waals surface area (Å²) in [7, 11) is -1.63. The summed E-state index contributed by atoms with van der Waals surface area (Å²) in [5.41, 5.74) is 4.93. The Bertz CT molecular complexity index is 836. The number of anilines is 1. The highest BCUT2D eigenvalue weighted by molar-refractivity contribution is 7.45. The van der Waals surface area contributed by atoms with Crippen LogP contribution < -0.4 is 21.0 Å². The highest BCUT2D eigenvalue weighted by atomic mass is 31.2. The van der Waals surface area contributed by atoms with Gasteiger partial charge < -0.3 is 29.4 Å². The Balaban J connectivity index is 1.59. The maximum absolute atomic E-state index is 11.9. The van der Waals surface area contributed by atoms with E-state index in [1.54, 1.807) is 12.1 Å². The average molecular weight is 408 g/mol. The number of nitrogen functional groups attached to an aromatic ring is 1. The monoisotopic (exact) mass is 408 g/mol. The number of benzene rings is 1. The molecule has 1 aromatic carbocycles. The number of hydrogen-bond acceptors (Lipinski definition) is 9. The molecule has 0 saturated carbocycles. The third-order valence-corrected chi connectivity index (χ3v) is 5.16.